The number of nitrogens with zero attached hydrogens (tertiary/aromatic N) is 2. The van der Waals surface area contributed by atoms with Crippen LogP contribution in [0.2, 0.25) is 0 Å². The summed E-state index contributed by atoms with van der Waals surface area (Å²) in [5.41, 5.74) is 1.01. The first-order valence-corrected chi connectivity index (χ1v) is 6.95. The molecule has 3 rings (SSSR count). The molecule has 4 nitrogen and oxygen atoms in total. The van der Waals surface area contributed by atoms with E-state index in [1.165, 1.54) is 0 Å². The van der Waals surface area contributed by atoms with Gasteiger partial charge in [0, 0.05) is 19.5 Å². The van der Waals surface area contributed by atoms with Gasteiger partial charge in [-0.15, -0.1) is 0 Å². The Bertz CT molecular complexity index is 444. The van der Waals surface area contributed by atoms with E-state index in [1.54, 1.807) is 11.3 Å². The maximum absolute atomic E-state index is 11.8. The van der Waals surface area contributed by atoms with Crippen LogP contribution in [0.5, 0.6) is 0 Å². The van der Waals surface area contributed by atoms with Gasteiger partial charge in [0.05, 0.1) is 23.3 Å². The molecule has 1 aromatic heterocycles. The second-order valence-corrected chi connectivity index (χ2v) is 5.65. The summed E-state index contributed by atoms with van der Waals surface area (Å²) >= 11 is 1.56. The number of ether oxygens (including phenoxy) is 1. The molecule has 2 aliphatic rings. The van der Waals surface area contributed by atoms with E-state index in [9.17, 15) is 4.79 Å². The fraction of sp³-hybridized carbons (Fsp3) is 0.667. The number of ketones is 1. The summed E-state index contributed by atoms with van der Waals surface area (Å²) in [4.78, 5) is 19.5. The minimum absolute atomic E-state index is 0.250. The van der Waals surface area contributed by atoms with Crippen molar-refractivity contribution in [3.8, 4) is 0 Å². The van der Waals surface area contributed by atoms with Crippen LogP contribution in [0, 0.1) is 0 Å². The number of morpholine rings is 1. The fourth-order valence-corrected chi connectivity index (χ4v) is 3.50. The molecule has 0 spiro atoms. The predicted molar refractivity (Wildman–Crippen MR) is 67.0 cm³/mol. The molecule has 2 heterocycles. The predicted octanol–water partition coefficient (Wildman–Crippen LogP) is 1.89. The Morgan fingerprint density at radius 2 is 2.35 bits per heavy atom. The molecule has 92 valence electrons. The summed E-state index contributed by atoms with van der Waals surface area (Å²) in [5.74, 6) is 0.274. The molecular weight excluding hydrogens is 236 g/mol. The van der Waals surface area contributed by atoms with Crippen LogP contribution < -0.4 is 4.90 Å². The zero-order valence-corrected chi connectivity index (χ0v) is 10.8. The number of Topliss-reactive ketones (excluding diaryl/α,β-unsaturated/α-hetero) is 1. The molecule has 1 aliphatic carbocycles. The first-order chi connectivity index (χ1) is 8.24. The zero-order chi connectivity index (χ0) is 11.8. The van der Waals surface area contributed by atoms with Gasteiger partial charge in [0.2, 0.25) is 0 Å². The summed E-state index contributed by atoms with van der Waals surface area (Å²) in [7, 11) is 0. The number of hydrogen-bond acceptors (Lipinski definition) is 5. The van der Waals surface area contributed by atoms with E-state index in [2.05, 4.69) is 16.8 Å². The first kappa shape index (κ1) is 11.2. The highest BCUT2D eigenvalue weighted by Crippen LogP contribution is 2.32. The van der Waals surface area contributed by atoms with E-state index in [1.807, 2.05) is 0 Å². The van der Waals surface area contributed by atoms with Crippen molar-refractivity contribution in [2.75, 3.05) is 24.6 Å². The quantitative estimate of drug-likeness (QED) is 0.765. The highest BCUT2D eigenvalue weighted by atomic mass is 32.1. The van der Waals surface area contributed by atoms with Crippen molar-refractivity contribution in [3.05, 3.63) is 10.6 Å². The van der Waals surface area contributed by atoms with E-state index < -0.39 is 0 Å². The fourth-order valence-electron chi connectivity index (χ4n) is 2.38. The lowest BCUT2D eigenvalue weighted by atomic mass is 10.0. The number of thiazole rings is 1. The summed E-state index contributed by atoms with van der Waals surface area (Å²) in [6, 6.07) is 0. The molecule has 1 atom stereocenters. The van der Waals surface area contributed by atoms with Crippen LogP contribution in [0.3, 0.4) is 0 Å². The van der Waals surface area contributed by atoms with Crippen LogP contribution in [0.4, 0.5) is 5.13 Å². The molecule has 0 saturated carbocycles. The molecular formula is C12H16N2O2S. The topological polar surface area (TPSA) is 42.4 Å². The van der Waals surface area contributed by atoms with Gasteiger partial charge in [0.15, 0.2) is 10.9 Å². The van der Waals surface area contributed by atoms with Gasteiger partial charge in [-0.25, -0.2) is 4.98 Å². The van der Waals surface area contributed by atoms with E-state index >= 15 is 0 Å². The van der Waals surface area contributed by atoms with Gasteiger partial charge < -0.3 is 9.64 Å². The molecule has 1 fully saturated rings. The molecule has 1 aromatic rings. The number of aromatic nitrogens is 1. The molecule has 1 aliphatic heterocycles. The zero-order valence-electron chi connectivity index (χ0n) is 9.94. The second kappa shape index (κ2) is 4.38. The number of carbonyl (C=O) groups excluding carboxylic acids is 1. The monoisotopic (exact) mass is 252 g/mol. The van der Waals surface area contributed by atoms with Gasteiger partial charge in [-0.1, -0.05) is 11.3 Å². The minimum Gasteiger partial charge on any atom is -0.375 e. The van der Waals surface area contributed by atoms with Crippen LogP contribution in [0.25, 0.3) is 0 Å². The van der Waals surface area contributed by atoms with Crippen LogP contribution in [0.1, 0.15) is 35.1 Å². The lowest BCUT2D eigenvalue weighted by molar-refractivity contribution is 0.0532. The van der Waals surface area contributed by atoms with Gasteiger partial charge in [0.1, 0.15) is 0 Å². The van der Waals surface area contributed by atoms with Crippen molar-refractivity contribution in [1.29, 1.82) is 0 Å². The molecule has 0 bridgehead atoms. The highest BCUT2D eigenvalue weighted by Gasteiger charge is 2.26. The lowest BCUT2D eigenvalue weighted by Crippen LogP contribution is -2.41. The number of aryl methyl sites for hydroxylation is 1. The van der Waals surface area contributed by atoms with E-state index in [0.717, 1.165) is 48.2 Å². The Kier molecular flexibility index (Phi) is 2.88. The van der Waals surface area contributed by atoms with E-state index in [4.69, 9.17) is 4.74 Å². The Hall–Kier alpha value is -0.940. The molecule has 0 radical (unpaired) electrons. The number of rotatable bonds is 1. The van der Waals surface area contributed by atoms with Crippen molar-refractivity contribution in [1.82, 2.24) is 4.98 Å². The Labute approximate surface area is 105 Å². The van der Waals surface area contributed by atoms with Crippen LogP contribution >= 0.6 is 11.3 Å². The first-order valence-electron chi connectivity index (χ1n) is 6.13. The Morgan fingerprint density at radius 1 is 1.47 bits per heavy atom. The summed E-state index contributed by atoms with van der Waals surface area (Å²) in [5, 5.41) is 1.00. The Morgan fingerprint density at radius 3 is 3.12 bits per heavy atom. The largest absolute Gasteiger partial charge is 0.375 e. The average Bonchev–Trinajstić information content (AvgIpc) is 2.74. The van der Waals surface area contributed by atoms with Crippen LogP contribution in [-0.4, -0.2) is 36.6 Å². The standard InChI is InChI=1S/C12H16N2O2S/c1-8-7-14(5-6-16-8)12-13-9-3-2-4-10(15)11(9)17-12/h8H,2-7H2,1H3. The van der Waals surface area contributed by atoms with Crippen molar-refractivity contribution < 1.29 is 9.53 Å². The summed E-state index contributed by atoms with van der Waals surface area (Å²) in [6.45, 7) is 4.58. The summed E-state index contributed by atoms with van der Waals surface area (Å²) < 4.78 is 5.52. The average molecular weight is 252 g/mol. The van der Waals surface area contributed by atoms with Gasteiger partial charge in [-0.05, 0) is 19.8 Å². The molecule has 5 heteroatoms. The van der Waals surface area contributed by atoms with Gasteiger partial charge in [-0.3, -0.25) is 4.79 Å². The maximum atomic E-state index is 11.8. The van der Waals surface area contributed by atoms with Crippen molar-refractivity contribution in [2.24, 2.45) is 0 Å². The third-order valence-corrected chi connectivity index (χ3v) is 4.47. The molecule has 17 heavy (non-hydrogen) atoms. The van der Waals surface area contributed by atoms with E-state index in [-0.39, 0.29) is 11.9 Å². The van der Waals surface area contributed by atoms with Gasteiger partial charge in [-0.2, -0.15) is 0 Å². The number of hydrogen-bond donors (Lipinski definition) is 0. The normalized spacial score (nSPS) is 24.9. The van der Waals surface area contributed by atoms with Crippen molar-refractivity contribution in [3.63, 3.8) is 0 Å². The molecule has 0 N–H and O–H groups in total. The minimum atomic E-state index is 0.250. The third-order valence-electron chi connectivity index (χ3n) is 3.27. The van der Waals surface area contributed by atoms with Gasteiger partial charge in [0.25, 0.3) is 0 Å². The Balaban J connectivity index is 1.86. The molecule has 0 amide bonds. The SMILES string of the molecule is CC1CN(c2nc3c(s2)C(=O)CCC3)CCO1. The third kappa shape index (κ3) is 2.09. The summed E-state index contributed by atoms with van der Waals surface area (Å²) in [6.07, 6.45) is 2.85. The van der Waals surface area contributed by atoms with Crippen molar-refractivity contribution >= 4 is 22.3 Å². The van der Waals surface area contributed by atoms with E-state index in [0.29, 0.717) is 6.42 Å². The molecule has 1 unspecified atom stereocenters. The van der Waals surface area contributed by atoms with Gasteiger partial charge >= 0.3 is 0 Å². The highest BCUT2D eigenvalue weighted by molar-refractivity contribution is 7.17. The maximum Gasteiger partial charge on any atom is 0.186 e. The molecule has 0 aromatic carbocycles. The lowest BCUT2D eigenvalue weighted by Gasteiger charge is -2.30. The number of anilines is 1. The smallest absolute Gasteiger partial charge is 0.186 e. The number of carbonyl (C=O) groups is 1. The van der Waals surface area contributed by atoms with Crippen LogP contribution in [0.15, 0.2) is 0 Å². The second-order valence-electron chi connectivity index (χ2n) is 4.68. The van der Waals surface area contributed by atoms with Crippen LogP contribution in [-0.2, 0) is 11.2 Å². The molecule has 1 saturated heterocycles. The van der Waals surface area contributed by atoms with Crippen molar-refractivity contribution in [2.45, 2.75) is 32.3 Å². The number of fused-ring (bicyclic) bond motifs is 1.